The lowest BCUT2D eigenvalue weighted by atomic mass is 10.2. The van der Waals surface area contributed by atoms with Gasteiger partial charge in [-0.1, -0.05) is 12.1 Å². The Morgan fingerprint density at radius 2 is 1.67 bits per heavy atom. The molecule has 0 saturated heterocycles. The normalized spacial score (nSPS) is 10.9. The number of hydrogen-bond acceptors (Lipinski definition) is 5. The molecule has 0 atom stereocenters. The number of ether oxygens (including phenoxy) is 2. The minimum atomic E-state index is -3.27. The van der Waals surface area contributed by atoms with Crippen molar-refractivity contribution >= 4 is 15.7 Å². The molecular formula is C17H19NO5S. The molecule has 0 unspecified atom stereocenters. The summed E-state index contributed by atoms with van der Waals surface area (Å²) in [6, 6.07) is 13.0. The number of carbonyl (C=O) groups is 1. The van der Waals surface area contributed by atoms with Crippen molar-refractivity contribution in [2.24, 2.45) is 0 Å². The predicted octanol–water partition coefficient (Wildman–Crippen LogP) is 1.91. The second-order valence-electron chi connectivity index (χ2n) is 5.05. The van der Waals surface area contributed by atoms with Gasteiger partial charge in [0.05, 0.1) is 18.6 Å². The van der Waals surface area contributed by atoms with Crippen LogP contribution in [0.15, 0.2) is 53.4 Å². The molecule has 0 spiro atoms. The van der Waals surface area contributed by atoms with E-state index in [1.165, 1.54) is 24.3 Å². The Morgan fingerprint density at radius 3 is 2.25 bits per heavy atom. The number of benzene rings is 2. The Morgan fingerprint density at radius 1 is 1.04 bits per heavy atom. The van der Waals surface area contributed by atoms with Crippen LogP contribution in [-0.2, 0) is 9.84 Å². The number of nitrogens with one attached hydrogen (secondary N) is 1. The molecule has 0 aliphatic rings. The molecule has 24 heavy (non-hydrogen) atoms. The van der Waals surface area contributed by atoms with Crippen LogP contribution in [0, 0.1) is 0 Å². The van der Waals surface area contributed by atoms with Crippen molar-refractivity contribution in [2.75, 3.05) is 26.5 Å². The average molecular weight is 349 g/mol. The molecule has 6 nitrogen and oxygen atoms in total. The lowest BCUT2D eigenvalue weighted by Crippen LogP contribution is -2.28. The molecular weight excluding hydrogens is 330 g/mol. The zero-order valence-electron chi connectivity index (χ0n) is 13.5. The second-order valence-corrected chi connectivity index (χ2v) is 7.07. The molecule has 0 aliphatic heterocycles. The highest BCUT2D eigenvalue weighted by molar-refractivity contribution is 7.90. The highest BCUT2D eigenvalue weighted by Gasteiger charge is 2.10. The van der Waals surface area contributed by atoms with Crippen LogP contribution >= 0.6 is 0 Å². The standard InChI is InChI=1S/C17H19NO5S/c1-22-15-5-3-4-6-16(15)23-12-11-18-17(19)13-7-9-14(10-8-13)24(2,20)21/h3-10H,11-12H2,1-2H3,(H,18,19). The first kappa shape index (κ1) is 17.8. The lowest BCUT2D eigenvalue weighted by molar-refractivity contribution is 0.0946. The maximum Gasteiger partial charge on any atom is 0.251 e. The predicted molar refractivity (Wildman–Crippen MR) is 90.4 cm³/mol. The van der Waals surface area contributed by atoms with Crippen LogP contribution in [0.25, 0.3) is 0 Å². The van der Waals surface area contributed by atoms with E-state index in [2.05, 4.69) is 5.32 Å². The fourth-order valence-corrected chi connectivity index (χ4v) is 2.65. The number of methoxy groups -OCH3 is 1. The number of para-hydroxylation sites is 2. The van der Waals surface area contributed by atoms with Crippen LogP contribution < -0.4 is 14.8 Å². The third-order valence-electron chi connectivity index (χ3n) is 3.26. The summed E-state index contributed by atoms with van der Waals surface area (Å²) in [6.45, 7) is 0.595. The highest BCUT2D eigenvalue weighted by Crippen LogP contribution is 2.25. The Hall–Kier alpha value is -2.54. The monoisotopic (exact) mass is 349 g/mol. The van der Waals surface area contributed by atoms with E-state index in [1.54, 1.807) is 19.2 Å². The van der Waals surface area contributed by atoms with Gasteiger partial charge in [0.15, 0.2) is 21.3 Å². The van der Waals surface area contributed by atoms with Crippen LogP contribution in [-0.4, -0.2) is 40.8 Å². The summed E-state index contributed by atoms with van der Waals surface area (Å²) in [7, 11) is -1.71. The Kier molecular flexibility index (Phi) is 5.81. The molecule has 7 heteroatoms. The number of amides is 1. The summed E-state index contributed by atoms with van der Waals surface area (Å²) in [5.41, 5.74) is 0.389. The van der Waals surface area contributed by atoms with Crippen molar-refractivity contribution in [3.8, 4) is 11.5 Å². The molecule has 2 aromatic carbocycles. The second kappa shape index (κ2) is 7.83. The van der Waals surface area contributed by atoms with Gasteiger partial charge in [0.2, 0.25) is 0 Å². The lowest BCUT2D eigenvalue weighted by Gasteiger charge is -2.11. The third kappa shape index (κ3) is 4.73. The summed E-state index contributed by atoms with van der Waals surface area (Å²) in [6.07, 6.45) is 1.12. The van der Waals surface area contributed by atoms with E-state index in [9.17, 15) is 13.2 Å². The van der Waals surface area contributed by atoms with Crippen LogP contribution in [0.4, 0.5) is 0 Å². The van der Waals surface area contributed by atoms with Crippen molar-refractivity contribution in [1.29, 1.82) is 0 Å². The maximum atomic E-state index is 12.0. The van der Waals surface area contributed by atoms with Gasteiger partial charge in [-0.25, -0.2) is 8.42 Å². The molecule has 0 aliphatic carbocycles. The van der Waals surface area contributed by atoms with Crippen LogP contribution in [0.3, 0.4) is 0 Å². The quantitative estimate of drug-likeness (QED) is 0.772. The molecule has 0 bridgehead atoms. The van der Waals surface area contributed by atoms with Crippen molar-refractivity contribution in [1.82, 2.24) is 5.32 Å². The minimum absolute atomic E-state index is 0.179. The number of sulfone groups is 1. The van der Waals surface area contributed by atoms with E-state index in [0.717, 1.165) is 6.26 Å². The van der Waals surface area contributed by atoms with Gasteiger partial charge < -0.3 is 14.8 Å². The first-order chi connectivity index (χ1) is 11.4. The third-order valence-corrected chi connectivity index (χ3v) is 4.39. The topological polar surface area (TPSA) is 81.7 Å². The Labute approximate surface area is 141 Å². The molecule has 0 aromatic heterocycles. The maximum absolute atomic E-state index is 12.0. The summed E-state index contributed by atoms with van der Waals surface area (Å²) in [5.74, 6) is 0.936. The number of hydrogen-bond donors (Lipinski definition) is 1. The van der Waals surface area contributed by atoms with Gasteiger partial charge in [0.1, 0.15) is 6.61 Å². The number of carbonyl (C=O) groups excluding carboxylic acids is 1. The van der Waals surface area contributed by atoms with Gasteiger partial charge in [-0.05, 0) is 36.4 Å². The van der Waals surface area contributed by atoms with Crippen molar-refractivity contribution in [2.45, 2.75) is 4.90 Å². The van der Waals surface area contributed by atoms with Gasteiger partial charge in [-0.15, -0.1) is 0 Å². The first-order valence-corrected chi connectivity index (χ1v) is 9.15. The van der Waals surface area contributed by atoms with Crippen molar-refractivity contribution < 1.29 is 22.7 Å². The largest absolute Gasteiger partial charge is 0.493 e. The van der Waals surface area contributed by atoms with Gasteiger partial charge in [0, 0.05) is 11.8 Å². The van der Waals surface area contributed by atoms with Gasteiger partial charge in [-0.3, -0.25) is 4.79 Å². The zero-order valence-corrected chi connectivity index (χ0v) is 14.3. The molecule has 0 radical (unpaired) electrons. The highest BCUT2D eigenvalue weighted by atomic mass is 32.2. The van der Waals surface area contributed by atoms with Crippen molar-refractivity contribution in [3.05, 3.63) is 54.1 Å². The SMILES string of the molecule is COc1ccccc1OCCNC(=O)c1ccc(S(C)(=O)=O)cc1. The van der Waals surface area contributed by atoms with E-state index in [0.29, 0.717) is 23.6 Å². The Bertz CT molecular complexity index is 800. The molecule has 2 aromatic rings. The smallest absolute Gasteiger partial charge is 0.251 e. The van der Waals surface area contributed by atoms with E-state index in [-0.39, 0.29) is 17.4 Å². The molecule has 1 amide bonds. The summed E-state index contributed by atoms with van der Waals surface area (Å²) in [4.78, 5) is 12.2. The number of rotatable bonds is 7. The van der Waals surface area contributed by atoms with Crippen LogP contribution in [0.2, 0.25) is 0 Å². The van der Waals surface area contributed by atoms with Crippen LogP contribution in [0.1, 0.15) is 10.4 Å². The van der Waals surface area contributed by atoms with Gasteiger partial charge >= 0.3 is 0 Å². The summed E-state index contributed by atoms with van der Waals surface area (Å²) >= 11 is 0. The summed E-state index contributed by atoms with van der Waals surface area (Å²) in [5, 5.41) is 2.71. The fourth-order valence-electron chi connectivity index (χ4n) is 2.02. The molecule has 2 rings (SSSR count). The minimum Gasteiger partial charge on any atom is -0.493 e. The van der Waals surface area contributed by atoms with Crippen molar-refractivity contribution in [3.63, 3.8) is 0 Å². The van der Waals surface area contributed by atoms with E-state index < -0.39 is 9.84 Å². The van der Waals surface area contributed by atoms with E-state index >= 15 is 0 Å². The average Bonchev–Trinajstić information content (AvgIpc) is 2.58. The van der Waals surface area contributed by atoms with Gasteiger partial charge in [-0.2, -0.15) is 0 Å². The van der Waals surface area contributed by atoms with Gasteiger partial charge in [0.25, 0.3) is 5.91 Å². The molecule has 0 fully saturated rings. The van der Waals surface area contributed by atoms with E-state index in [1.807, 2.05) is 12.1 Å². The molecule has 1 N–H and O–H groups in total. The Balaban J connectivity index is 1.85. The molecule has 128 valence electrons. The zero-order chi connectivity index (χ0) is 17.6. The van der Waals surface area contributed by atoms with Crippen LogP contribution in [0.5, 0.6) is 11.5 Å². The molecule has 0 saturated carbocycles. The fraction of sp³-hybridized carbons (Fsp3) is 0.235. The summed E-state index contributed by atoms with van der Waals surface area (Å²) < 4.78 is 33.5. The first-order valence-electron chi connectivity index (χ1n) is 7.26. The van der Waals surface area contributed by atoms with E-state index in [4.69, 9.17) is 9.47 Å². The molecule has 0 heterocycles.